The van der Waals surface area contributed by atoms with Crippen LogP contribution in [0.3, 0.4) is 0 Å². The lowest BCUT2D eigenvalue weighted by molar-refractivity contribution is -0.137. The molecule has 3 N–H and O–H groups in total. The largest absolute Gasteiger partial charge is 0.490 e. The maximum Gasteiger partial charge on any atom is 0.250 e. The van der Waals surface area contributed by atoms with Crippen molar-refractivity contribution in [2.24, 2.45) is 11.3 Å². The molecule has 0 unspecified atom stereocenters. The topological polar surface area (TPSA) is 70.6 Å². The first-order chi connectivity index (χ1) is 11.5. The fourth-order valence-corrected chi connectivity index (χ4v) is 3.17. The van der Waals surface area contributed by atoms with Crippen LogP contribution in [0.1, 0.15) is 46.0 Å². The second-order valence-electron chi connectivity index (χ2n) is 7.36. The molecule has 134 valence electrons. The number of nitrogens with one attached hydrogen (secondary N) is 2. The molecule has 0 aromatic heterocycles. The average Bonchev–Trinajstić information content (AvgIpc) is 2.60. The fourth-order valence-electron chi connectivity index (χ4n) is 3.17. The summed E-state index contributed by atoms with van der Waals surface area (Å²) in [5.41, 5.74) is 1.13. The lowest BCUT2D eigenvalue weighted by Gasteiger charge is -2.29. The molecule has 5 heteroatoms. The Balaban J connectivity index is 1.61. The predicted molar refractivity (Wildman–Crippen MR) is 94.0 cm³/mol. The van der Waals surface area contributed by atoms with Crippen LogP contribution in [-0.4, -0.2) is 30.3 Å². The van der Waals surface area contributed by atoms with Crippen LogP contribution in [0.25, 0.3) is 0 Å². The van der Waals surface area contributed by atoms with Crippen molar-refractivity contribution in [2.45, 2.75) is 52.1 Å². The molecule has 0 spiro atoms. The summed E-state index contributed by atoms with van der Waals surface area (Å²) in [7, 11) is 0. The second kappa shape index (κ2) is 9.04. The first-order valence-corrected chi connectivity index (χ1v) is 8.88. The van der Waals surface area contributed by atoms with E-state index >= 15 is 0 Å². The highest BCUT2D eigenvalue weighted by Crippen LogP contribution is 2.29. The van der Waals surface area contributed by atoms with Crippen LogP contribution in [0.15, 0.2) is 30.3 Å². The maximum absolute atomic E-state index is 11.5. The number of ether oxygens (including phenoxy) is 1. The molecular weight excluding hydrogens is 304 g/mol. The van der Waals surface area contributed by atoms with Gasteiger partial charge in [0, 0.05) is 6.54 Å². The van der Waals surface area contributed by atoms with E-state index in [4.69, 9.17) is 9.94 Å². The molecule has 24 heavy (non-hydrogen) atoms. The summed E-state index contributed by atoms with van der Waals surface area (Å²) in [5.74, 6) is 1.34. The van der Waals surface area contributed by atoms with Gasteiger partial charge in [0.05, 0.1) is 11.5 Å². The zero-order chi connectivity index (χ0) is 17.4. The standard InChI is InChI=1S/C19H30N2O3/c1-19(2,18(22)21-23)14-20-13-12-15-8-10-17(11-9-15)24-16-6-4-3-5-7-16/h3-7,15,17,20,23H,8-14H2,1-2H3,(H,21,22). The maximum atomic E-state index is 11.5. The van der Waals surface area contributed by atoms with E-state index in [1.807, 2.05) is 44.2 Å². The summed E-state index contributed by atoms with van der Waals surface area (Å²) in [6.45, 7) is 5.10. The minimum absolute atomic E-state index is 0.337. The molecule has 0 heterocycles. The first-order valence-electron chi connectivity index (χ1n) is 8.88. The zero-order valence-corrected chi connectivity index (χ0v) is 14.8. The molecule has 0 saturated heterocycles. The molecule has 1 fully saturated rings. The Morgan fingerprint density at radius 2 is 1.88 bits per heavy atom. The van der Waals surface area contributed by atoms with Gasteiger partial charge in [0.1, 0.15) is 5.75 Å². The molecule has 1 aliphatic carbocycles. The van der Waals surface area contributed by atoms with Crippen molar-refractivity contribution in [3.63, 3.8) is 0 Å². The molecular formula is C19H30N2O3. The van der Waals surface area contributed by atoms with Gasteiger partial charge >= 0.3 is 0 Å². The minimum atomic E-state index is -0.601. The van der Waals surface area contributed by atoms with Crippen LogP contribution in [0.5, 0.6) is 5.75 Å². The molecule has 0 atom stereocenters. The number of carbonyl (C=O) groups excluding carboxylic acids is 1. The quantitative estimate of drug-likeness (QED) is 0.388. The molecule has 0 aliphatic heterocycles. The van der Waals surface area contributed by atoms with Crippen molar-refractivity contribution in [2.75, 3.05) is 13.1 Å². The van der Waals surface area contributed by atoms with Crippen LogP contribution in [0, 0.1) is 11.3 Å². The van der Waals surface area contributed by atoms with Crippen molar-refractivity contribution in [3.8, 4) is 5.75 Å². The Labute approximate surface area is 144 Å². The van der Waals surface area contributed by atoms with Crippen LogP contribution >= 0.6 is 0 Å². The fraction of sp³-hybridized carbons (Fsp3) is 0.632. The zero-order valence-electron chi connectivity index (χ0n) is 14.8. The van der Waals surface area contributed by atoms with Gasteiger partial charge in [0.25, 0.3) is 0 Å². The number of hydrogen-bond donors (Lipinski definition) is 3. The van der Waals surface area contributed by atoms with Gasteiger partial charge in [-0.2, -0.15) is 0 Å². The number of hydrogen-bond acceptors (Lipinski definition) is 4. The van der Waals surface area contributed by atoms with Gasteiger partial charge in [0.2, 0.25) is 5.91 Å². The Morgan fingerprint density at radius 1 is 1.21 bits per heavy atom. The van der Waals surface area contributed by atoms with Crippen molar-refractivity contribution in [1.82, 2.24) is 10.8 Å². The summed E-state index contributed by atoms with van der Waals surface area (Å²) in [6.07, 6.45) is 6.06. The summed E-state index contributed by atoms with van der Waals surface area (Å²) in [4.78, 5) is 11.5. The van der Waals surface area contributed by atoms with Crippen molar-refractivity contribution >= 4 is 5.91 Å². The average molecular weight is 334 g/mol. The molecule has 1 saturated carbocycles. The molecule has 2 rings (SSSR count). The van der Waals surface area contributed by atoms with Gasteiger partial charge in [-0.1, -0.05) is 18.2 Å². The van der Waals surface area contributed by atoms with E-state index in [9.17, 15) is 4.79 Å². The normalized spacial score (nSPS) is 21.3. The Kier molecular flexibility index (Phi) is 7.06. The lowest BCUT2D eigenvalue weighted by Crippen LogP contribution is -2.42. The second-order valence-corrected chi connectivity index (χ2v) is 7.36. The number of rotatable bonds is 8. The Morgan fingerprint density at radius 3 is 2.50 bits per heavy atom. The van der Waals surface area contributed by atoms with Gasteiger partial charge in [0.15, 0.2) is 0 Å². The monoisotopic (exact) mass is 334 g/mol. The van der Waals surface area contributed by atoms with Gasteiger partial charge in [-0.25, -0.2) is 5.48 Å². The van der Waals surface area contributed by atoms with E-state index in [0.29, 0.717) is 12.6 Å². The van der Waals surface area contributed by atoms with E-state index in [1.165, 1.54) is 12.8 Å². The SMILES string of the molecule is CC(C)(CNCCC1CCC(Oc2ccccc2)CC1)C(=O)NO. The van der Waals surface area contributed by atoms with Gasteiger partial charge in [-0.05, 0) is 70.5 Å². The van der Waals surface area contributed by atoms with E-state index in [0.717, 1.165) is 37.5 Å². The summed E-state index contributed by atoms with van der Waals surface area (Å²) in [6, 6.07) is 10.0. The van der Waals surface area contributed by atoms with Crippen LogP contribution < -0.4 is 15.5 Å². The van der Waals surface area contributed by atoms with Gasteiger partial charge < -0.3 is 10.1 Å². The summed E-state index contributed by atoms with van der Waals surface area (Å²) < 4.78 is 6.03. The number of hydroxylamine groups is 1. The summed E-state index contributed by atoms with van der Waals surface area (Å²) in [5, 5.41) is 12.1. The van der Waals surface area contributed by atoms with E-state index in [-0.39, 0.29) is 5.91 Å². The number of amides is 1. The van der Waals surface area contributed by atoms with E-state index in [1.54, 1.807) is 5.48 Å². The third kappa shape index (κ3) is 5.80. The van der Waals surface area contributed by atoms with Crippen LogP contribution in [0.2, 0.25) is 0 Å². The smallest absolute Gasteiger partial charge is 0.250 e. The molecule has 0 radical (unpaired) electrons. The van der Waals surface area contributed by atoms with Crippen molar-refractivity contribution in [3.05, 3.63) is 30.3 Å². The van der Waals surface area contributed by atoms with Crippen LogP contribution in [0.4, 0.5) is 0 Å². The van der Waals surface area contributed by atoms with Gasteiger partial charge in [-0.15, -0.1) is 0 Å². The number of para-hydroxylation sites is 1. The molecule has 1 amide bonds. The highest BCUT2D eigenvalue weighted by Gasteiger charge is 2.27. The van der Waals surface area contributed by atoms with Crippen molar-refractivity contribution in [1.29, 1.82) is 0 Å². The predicted octanol–water partition coefficient (Wildman–Crippen LogP) is 3.14. The van der Waals surface area contributed by atoms with Crippen molar-refractivity contribution < 1.29 is 14.7 Å². The molecule has 1 aromatic carbocycles. The molecule has 0 bridgehead atoms. The number of benzene rings is 1. The Bertz CT molecular complexity index is 497. The minimum Gasteiger partial charge on any atom is -0.490 e. The third-order valence-corrected chi connectivity index (χ3v) is 4.85. The van der Waals surface area contributed by atoms with Crippen LogP contribution in [-0.2, 0) is 4.79 Å². The summed E-state index contributed by atoms with van der Waals surface area (Å²) >= 11 is 0. The van der Waals surface area contributed by atoms with E-state index < -0.39 is 5.41 Å². The third-order valence-electron chi connectivity index (χ3n) is 4.85. The molecule has 1 aliphatic rings. The first kappa shape index (κ1) is 18.7. The highest BCUT2D eigenvalue weighted by molar-refractivity contribution is 5.80. The molecule has 1 aromatic rings. The number of carbonyl (C=O) groups is 1. The van der Waals surface area contributed by atoms with Gasteiger partial charge in [-0.3, -0.25) is 10.0 Å². The highest BCUT2D eigenvalue weighted by atomic mass is 16.5. The van der Waals surface area contributed by atoms with E-state index in [2.05, 4.69) is 5.32 Å². The Hall–Kier alpha value is -1.59. The molecule has 5 nitrogen and oxygen atoms in total. The lowest BCUT2D eigenvalue weighted by atomic mass is 9.85.